The summed E-state index contributed by atoms with van der Waals surface area (Å²) in [4.78, 5) is 13.0. The fourth-order valence-electron chi connectivity index (χ4n) is 3.98. The van der Waals surface area contributed by atoms with Gasteiger partial charge in [0.05, 0.1) is 0 Å². The minimum Gasteiger partial charge on any atom is -0.491 e. The van der Waals surface area contributed by atoms with Gasteiger partial charge in [-0.2, -0.15) is 0 Å². The maximum Gasteiger partial charge on any atom is 0.225 e. The molecule has 0 aliphatic carbocycles. The highest BCUT2D eigenvalue weighted by molar-refractivity contribution is 5.91. The first kappa shape index (κ1) is 21.3. The first-order chi connectivity index (χ1) is 16.2. The van der Waals surface area contributed by atoms with Gasteiger partial charge in [-0.15, -0.1) is 0 Å². The fraction of sp³-hybridized carbons (Fsp3) is 0.292. The molecule has 1 unspecified atom stereocenters. The van der Waals surface area contributed by atoms with Crippen molar-refractivity contribution in [2.24, 2.45) is 0 Å². The lowest BCUT2D eigenvalue weighted by Gasteiger charge is -2.35. The quantitative estimate of drug-likeness (QED) is 0.461. The zero-order chi connectivity index (χ0) is 22.6. The van der Waals surface area contributed by atoms with Crippen molar-refractivity contribution in [1.29, 1.82) is 0 Å². The minimum absolute atomic E-state index is 0.177. The summed E-state index contributed by atoms with van der Waals surface area (Å²) in [5, 5.41) is 15.3. The van der Waals surface area contributed by atoms with Gasteiger partial charge in [0.1, 0.15) is 30.0 Å². The van der Waals surface area contributed by atoms with E-state index >= 15 is 0 Å². The smallest absolute Gasteiger partial charge is 0.225 e. The van der Waals surface area contributed by atoms with E-state index < -0.39 is 6.10 Å². The Labute approximate surface area is 190 Å². The van der Waals surface area contributed by atoms with Crippen molar-refractivity contribution in [3.63, 3.8) is 0 Å². The van der Waals surface area contributed by atoms with Gasteiger partial charge in [-0.1, -0.05) is 17.3 Å². The number of β-amino-alcohol motifs (C(OH)–C–C–N with tert-alkyl or cyclic N) is 1. The van der Waals surface area contributed by atoms with Gasteiger partial charge >= 0.3 is 0 Å². The van der Waals surface area contributed by atoms with E-state index in [4.69, 9.17) is 9.26 Å². The van der Waals surface area contributed by atoms with Crippen molar-refractivity contribution >= 4 is 16.9 Å². The lowest BCUT2D eigenvalue weighted by Crippen LogP contribution is -2.49. The number of hydrogen-bond acceptors (Lipinski definition) is 8. The topological polar surface area (TPSA) is 87.8 Å². The molecule has 0 saturated carbocycles. The van der Waals surface area contributed by atoms with Gasteiger partial charge < -0.3 is 19.3 Å². The van der Waals surface area contributed by atoms with Gasteiger partial charge in [0.15, 0.2) is 5.58 Å². The number of piperazine rings is 1. The van der Waals surface area contributed by atoms with Crippen LogP contribution in [0.25, 0.3) is 22.2 Å². The van der Waals surface area contributed by atoms with Gasteiger partial charge in [0.25, 0.3) is 0 Å². The van der Waals surface area contributed by atoms with Crippen molar-refractivity contribution < 1.29 is 18.8 Å². The van der Waals surface area contributed by atoms with Crippen LogP contribution in [0, 0.1) is 5.82 Å². The molecule has 1 fully saturated rings. The largest absolute Gasteiger partial charge is 0.491 e. The van der Waals surface area contributed by atoms with Crippen LogP contribution in [-0.2, 0) is 0 Å². The number of hydrogen-bond donors (Lipinski definition) is 1. The van der Waals surface area contributed by atoms with Crippen LogP contribution < -0.4 is 9.64 Å². The van der Waals surface area contributed by atoms with Gasteiger partial charge in [-0.25, -0.2) is 14.4 Å². The van der Waals surface area contributed by atoms with Crippen LogP contribution >= 0.6 is 0 Å². The lowest BCUT2D eigenvalue weighted by molar-refractivity contribution is 0.0662. The Hall–Kier alpha value is -3.56. The standard InChI is InChI=1S/C24H24FN5O3/c25-18-5-6-21-22(14-18)33-28-23(21)17-3-1-4-20(13-17)32-16-19(31)15-29-9-11-30(12-10-29)24-26-7-2-8-27-24/h1-8,13-14,19,31H,9-12,15-16H2. The Morgan fingerprint density at radius 1 is 1.03 bits per heavy atom. The third-order valence-electron chi connectivity index (χ3n) is 5.66. The van der Waals surface area contributed by atoms with Crippen LogP contribution in [0.1, 0.15) is 0 Å². The molecule has 1 aliphatic rings. The number of anilines is 1. The number of benzene rings is 2. The molecule has 1 atom stereocenters. The summed E-state index contributed by atoms with van der Waals surface area (Å²) < 4.78 is 24.5. The molecule has 4 aromatic rings. The molecule has 8 nitrogen and oxygen atoms in total. The van der Waals surface area contributed by atoms with Crippen LogP contribution in [0.2, 0.25) is 0 Å². The molecule has 170 valence electrons. The Morgan fingerprint density at radius 2 is 1.85 bits per heavy atom. The zero-order valence-electron chi connectivity index (χ0n) is 18.0. The van der Waals surface area contributed by atoms with Crippen LogP contribution in [-0.4, -0.2) is 70.6 Å². The summed E-state index contributed by atoms with van der Waals surface area (Å²) in [5.41, 5.74) is 1.81. The van der Waals surface area contributed by atoms with Crippen molar-refractivity contribution in [2.75, 3.05) is 44.2 Å². The summed E-state index contributed by atoms with van der Waals surface area (Å²) in [5.74, 6) is 0.993. The predicted octanol–water partition coefficient (Wildman–Crippen LogP) is 2.99. The van der Waals surface area contributed by atoms with Crippen LogP contribution in [0.15, 0.2) is 65.4 Å². The normalized spacial score (nSPS) is 15.6. The van der Waals surface area contributed by atoms with E-state index in [2.05, 4.69) is 24.9 Å². The van der Waals surface area contributed by atoms with Gasteiger partial charge in [0, 0.05) is 62.1 Å². The SMILES string of the molecule is OC(COc1cccc(-c2noc3cc(F)ccc23)c1)CN1CCN(c2ncccn2)CC1. The summed E-state index contributed by atoms with van der Waals surface area (Å²) in [6.07, 6.45) is 2.87. The average Bonchev–Trinajstić information content (AvgIpc) is 3.27. The average molecular weight is 449 g/mol. The number of aliphatic hydroxyl groups excluding tert-OH is 1. The molecule has 1 N–H and O–H groups in total. The predicted molar refractivity (Wildman–Crippen MR) is 122 cm³/mol. The maximum absolute atomic E-state index is 13.4. The number of nitrogens with zero attached hydrogens (tertiary/aromatic N) is 5. The van der Waals surface area contributed by atoms with Crippen LogP contribution in [0.5, 0.6) is 5.75 Å². The third-order valence-corrected chi connectivity index (χ3v) is 5.66. The molecule has 9 heteroatoms. The number of halogens is 1. The summed E-state index contributed by atoms with van der Waals surface area (Å²) in [6, 6.07) is 13.6. The number of fused-ring (bicyclic) bond motifs is 1. The lowest BCUT2D eigenvalue weighted by atomic mass is 10.1. The van der Waals surface area contributed by atoms with Gasteiger partial charge in [-0.05, 0) is 30.3 Å². The molecule has 3 heterocycles. The molecule has 1 aliphatic heterocycles. The van der Waals surface area contributed by atoms with Crippen molar-refractivity contribution in [3.05, 3.63) is 66.7 Å². The van der Waals surface area contributed by atoms with E-state index in [-0.39, 0.29) is 12.4 Å². The van der Waals surface area contributed by atoms with E-state index in [0.29, 0.717) is 23.6 Å². The molecule has 2 aromatic carbocycles. The molecule has 0 spiro atoms. The van der Waals surface area contributed by atoms with Gasteiger partial charge in [-0.3, -0.25) is 4.90 Å². The second-order valence-electron chi connectivity index (χ2n) is 8.00. The molecule has 33 heavy (non-hydrogen) atoms. The first-order valence-corrected chi connectivity index (χ1v) is 10.9. The van der Waals surface area contributed by atoms with Crippen molar-refractivity contribution in [1.82, 2.24) is 20.0 Å². The highest BCUT2D eigenvalue weighted by atomic mass is 19.1. The van der Waals surface area contributed by atoms with Crippen molar-refractivity contribution in [2.45, 2.75) is 6.10 Å². The molecule has 1 saturated heterocycles. The Morgan fingerprint density at radius 3 is 2.67 bits per heavy atom. The fourth-order valence-corrected chi connectivity index (χ4v) is 3.98. The van der Waals surface area contributed by atoms with Gasteiger partial charge in [0.2, 0.25) is 5.95 Å². The molecule has 0 radical (unpaired) electrons. The number of rotatable bonds is 7. The molecule has 5 rings (SSSR count). The highest BCUT2D eigenvalue weighted by Gasteiger charge is 2.21. The molecule has 0 amide bonds. The minimum atomic E-state index is -0.621. The molecule has 0 bridgehead atoms. The van der Waals surface area contributed by atoms with E-state index in [9.17, 15) is 9.50 Å². The Balaban J connectivity index is 1.15. The monoisotopic (exact) mass is 449 g/mol. The highest BCUT2D eigenvalue weighted by Crippen LogP contribution is 2.30. The number of ether oxygens (including phenoxy) is 1. The molecule has 2 aromatic heterocycles. The van der Waals surface area contributed by atoms with E-state index in [1.807, 2.05) is 24.3 Å². The second-order valence-corrected chi connectivity index (χ2v) is 8.00. The number of aliphatic hydroxyl groups is 1. The summed E-state index contributed by atoms with van der Waals surface area (Å²) in [7, 11) is 0. The summed E-state index contributed by atoms with van der Waals surface area (Å²) >= 11 is 0. The Kier molecular flexibility index (Phi) is 6.14. The molecular weight excluding hydrogens is 425 g/mol. The summed E-state index contributed by atoms with van der Waals surface area (Å²) in [6.45, 7) is 3.98. The second kappa shape index (κ2) is 9.51. The zero-order valence-corrected chi connectivity index (χ0v) is 18.0. The van der Waals surface area contributed by atoms with Crippen LogP contribution in [0.3, 0.4) is 0 Å². The van der Waals surface area contributed by atoms with E-state index in [0.717, 1.165) is 43.1 Å². The Bertz CT molecular complexity index is 1210. The van der Waals surface area contributed by atoms with E-state index in [1.165, 1.54) is 12.1 Å². The molecular formula is C24H24FN5O3. The maximum atomic E-state index is 13.4. The number of aromatic nitrogens is 3. The van der Waals surface area contributed by atoms with E-state index in [1.54, 1.807) is 24.5 Å². The third kappa shape index (κ3) is 4.94. The van der Waals surface area contributed by atoms with Crippen LogP contribution in [0.4, 0.5) is 10.3 Å². The van der Waals surface area contributed by atoms with Crippen molar-refractivity contribution in [3.8, 4) is 17.0 Å². The first-order valence-electron chi connectivity index (χ1n) is 10.9.